The molecule has 0 N–H and O–H groups in total. The fourth-order valence-corrected chi connectivity index (χ4v) is 1.19. The molecule has 5 heteroatoms. The van der Waals surface area contributed by atoms with Gasteiger partial charge < -0.3 is 9.47 Å². The summed E-state index contributed by atoms with van der Waals surface area (Å²) in [6.07, 6.45) is 0.856. The van der Waals surface area contributed by atoms with E-state index in [0.29, 0.717) is 25.7 Å². The summed E-state index contributed by atoms with van der Waals surface area (Å²) in [6, 6.07) is 0. The summed E-state index contributed by atoms with van der Waals surface area (Å²) in [4.78, 5) is 20.8. The Hall–Kier alpha value is -1.13. The van der Waals surface area contributed by atoms with Crippen molar-refractivity contribution in [3.63, 3.8) is 0 Å². The van der Waals surface area contributed by atoms with Gasteiger partial charge in [0.2, 0.25) is 0 Å². The van der Waals surface area contributed by atoms with Crippen molar-refractivity contribution in [1.29, 1.82) is 0 Å². The normalized spacial score (nSPS) is 10.2. The summed E-state index contributed by atoms with van der Waals surface area (Å²) in [5.41, 5.74) is 0. The van der Waals surface area contributed by atoms with Gasteiger partial charge >= 0.3 is 11.9 Å². The minimum absolute atomic E-state index is 0.264. The number of carbonyl (C=O) groups excluding carboxylic acids is 2. The highest BCUT2D eigenvalue weighted by Gasteiger charge is 2.06. The maximum Gasteiger partial charge on any atom is 0.302 e. The van der Waals surface area contributed by atoms with E-state index in [1.54, 1.807) is 0 Å². The topological polar surface area (TPSA) is 52.6 Å². The molecule has 94 valence electrons. The number of hydrogen-bond acceptors (Lipinski definition) is 4. The summed E-state index contributed by atoms with van der Waals surface area (Å²) in [5.74, 6) is -0.685. The number of rotatable bonds is 8. The Morgan fingerprint density at radius 3 is 1.69 bits per heavy atom. The molecular weight excluding hydrogens is 215 g/mol. The average Bonchev–Trinajstić information content (AvgIpc) is 2.19. The summed E-state index contributed by atoms with van der Waals surface area (Å²) >= 11 is 0. The van der Waals surface area contributed by atoms with Crippen LogP contribution in [0.25, 0.3) is 0 Å². The van der Waals surface area contributed by atoms with Crippen molar-refractivity contribution < 1.29 is 23.5 Å². The van der Waals surface area contributed by atoms with Crippen LogP contribution in [0.1, 0.15) is 39.5 Å². The second kappa shape index (κ2) is 9.12. The van der Waals surface area contributed by atoms with Gasteiger partial charge in [-0.3, -0.25) is 9.59 Å². The van der Waals surface area contributed by atoms with Crippen molar-refractivity contribution in [2.24, 2.45) is 0 Å². The molecule has 0 aromatic rings. The van der Waals surface area contributed by atoms with Gasteiger partial charge in [-0.1, -0.05) is 0 Å². The average molecular weight is 234 g/mol. The second-order valence-electron chi connectivity index (χ2n) is 3.56. The molecule has 0 saturated heterocycles. The van der Waals surface area contributed by atoms with Crippen LogP contribution < -0.4 is 0 Å². The molecule has 0 aromatic carbocycles. The van der Waals surface area contributed by atoms with E-state index in [9.17, 15) is 14.0 Å². The van der Waals surface area contributed by atoms with E-state index in [2.05, 4.69) is 9.47 Å². The Balaban J connectivity index is 3.27. The number of esters is 2. The van der Waals surface area contributed by atoms with E-state index in [-0.39, 0.29) is 25.2 Å². The van der Waals surface area contributed by atoms with Gasteiger partial charge in [-0.05, 0) is 25.7 Å². The zero-order valence-electron chi connectivity index (χ0n) is 9.83. The van der Waals surface area contributed by atoms with E-state index in [1.165, 1.54) is 13.8 Å². The number of ether oxygens (including phenoxy) is 2. The quantitative estimate of drug-likeness (QED) is 0.476. The van der Waals surface area contributed by atoms with E-state index in [4.69, 9.17) is 0 Å². The maximum atomic E-state index is 13.2. The zero-order chi connectivity index (χ0) is 12.4. The molecule has 16 heavy (non-hydrogen) atoms. The van der Waals surface area contributed by atoms with Crippen LogP contribution in [0, 0.1) is 0 Å². The van der Waals surface area contributed by atoms with Gasteiger partial charge in [0.1, 0.15) is 6.17 Å². The summed E-state index contributed by atoms with van der Waals surface area (Å²) in [5, 5.41) is 0. The predicted octanol–water partition coefficient (Wildman–Crippen LogP) is 2.01. The van der Waals surface area contributed by atoms with Crippen LogP contribution in [0.15, 0.2) is 0 Å². The highest BCUT2D eigenvalue weighted by molar-refractivity contribution is 5.66. The molecule has 0 aliphatic carbocycles. The lowest BCUT2D eigenvalue weighted by atomic mass is 10.1. The second-order valence-corrected chi connectivity index (χ2v) is 3.56. The van der Waals surface area contributed by atoms with Gasteiger partial charge in [0.05, 0.1) is 13.2 Å². The monoisotopic (exact) mass is 234 g/mol. The third-order valence-electron chi connectivity index (χ3n) is 1.93. The number of hydrogen-bond donors (Lipinski definition) is 0. The van der Waals surface area contributed by atoms with Crippen molar-refractivity contribution in [1.82, 2.24) is 0 Å². The first kappa shape index (κ1) is 14.9. The molecule has 0 rings (SSSR count). The molecule has 0 aliphatic heterocycles. The third kappa shape index (κ3) is 10.9. The van der Waals surface area contributed by atoms with Crippen molar-refractivity contribution in [3.05, 3.63) is 0 Å². The zero-order valence-corrected chi connectivity index (χ0v) is 9.83. The first-order valence-electron chi connectivity index (χ1n) is 5.43. The highest BCUT2D eigenvalue weighted by Crippen LogP contribution is 2.09. The number of alkyl halides is 1. The van der Waals surface area contributed by atoms with Crippen molar-refractivity contribution >= 4 is 11.9 Å². The lowest BCUT2D eigenvalue weighted by Gasteiger charge is -2.08. The first-order valence-corrected chi connectivity index (χ1v) is 5.43. The van der Waals surface area contributed by atoms with E-state index < -0.39 is 6.17 Å². The van der Waals surface area contributed by atoms with Gasteiger partial charge in [0.15, 0.2) is 0 Å². The maximum absolute atomic E-state index is 13.2. The molecule has 0 fully saturated rings. The van der Waals surface area contributed by atoms with Crippen LogP contribution in [-0.4, -0.2) is 31.3 Å². The lowest BCUT2D eigenvalue weighted by molar-refractivity contribution is -0.141. The van der Waals surface area contributed by atoms with Crippen LogP contribution in [0.5, 0.6) is 0 Å². The van der Waals surface area contributed by atoms with Gasteiger partial charge in [-0.2, -0.15) is 0 Å². The minimum atomic E-state index is -0.925. The molecule has 0 unspecified atom stereocenters. The van der Waals surface area contributed by atoms with Crippen LogP contribution >= 0.6 is 0 Å². The van der Waals surface area contributed by atoms with Crippen LogP contribution in [-0.2, 0) is 19.1 Å². The fourth-order valence-electron chi connectivity index (χ4n) is 1.19. The Bertz CT molecular complexity index is 196. The highest BCUT2D eigenvalue weighted by atomic mass is 19.1. The van der Waals surface area contributed by atoms with Crippen LogP contribution in [0.4, 0.5) is 4.39 Å². The van der Waals surface area contributed by atoms with Gasteiger partial charge in [-0.25, -0.2) is 4.39 Å². The van der Waals surface area contributed by atoms with Crippen LogP contribution in [0.3, 0.4) is 0 Å². The lowest BCUT2D eigenvalue weighted by Crippen LogP contribution is -2.07. The summed E-state index contributed by atoms with van der Waals surface area (Å²) in [7, 11) is 0. The van der Waals surface area contributed by atoms with Gasteiger partial charge in [-0.15, -0.1) is 0 Å². The predicted molar refractivity (Wildman–Crippen MR) is 56.6 cm³/mol. The standard InChI is InChI=1S/C11H19FO4/c1-9(13)15-7-3-5-11(12)6-4-8-16-10(2)14/h11H,3-8H2,1-2H3. The summed E-state index contributed by atoms with van der Waals surface area (Å²) in [6.45, 7) is 3.18. The Morgan fingerprint density at radius 2 is 1.38 bits per heavy atom. The number of carbonyl (C=O) groups is 2. The molecule has 0 bridgehead atoms. The van der Waals surface area contributed by atoms with Gasteiger partial charge in [0.25, 0.3) is 0 Å². The van der Waals surface area contributed by atoms with Crippen molar-refractivity contribution in [2.75, 3.05) is 13.2 Å². The SMILES string of the molecule is CC(=O)OCCCC(F)CCCOC(C)=O. The van der Waals surface area contributed by atoms with Crippen molar-refractivity contribution in [3.8, 4) is 0 Å². The van der Waals surface area contributed by atoms with Gasteiger partial charge in [0, 0.05) is 13.8 Å². The molecular formula is C11H19FO4. The summed E-state index contributed by atoms with van der Waals surface area (Å²) < 4.78 is 22.5. The molecule has 0 radical (unpaired) electrons. The molecule has 0 saturated carbocycles. The Kier molecular flexibility index (Phi) is 8.48. The molecule has 4 nitrogen and oxygen atoms in total. The molecule has 0 aliphatic rings. The molecule has 0 atom stereocenters. The first-order chi connectivity index (χ1) is 7.52. The van der Waals surface area contributed by atoms with E-state index in [1.807, 2.05) is 0 Å². The molecule has 0 aromatic heterocycles. The molecule has 0 spiro atoms. The molecule has 0 heterocycles. The fraction of sp³-hybridized carbons (Fsp3) is 0.818. The van der Waals surface area contributed by atoms with Crippen LogP contribution in [0.2, 0.25) is 0 Å². The van der Waals surface area contributed by atoms with E-state index in [0.717, 1.165) is 0 Å². The molecule has 0 amide bonds. The van der Waals surface area contributed by atoms with E-state index >= 15 is 0 Å². The smallest absolute Gasteiger partial charge is 0.302 e. The minimum Gasteiger partial charge on any atom is -0.466 e. The number of halogens is 1. The third-order valence-corrected chi connectivity index (χ3v) is 1.93. The Labute approximate surface area is 95.1 Å². The Morgan fingerprint density at radius 1 is 1.00 bits per heavy atom. The van der Waals surface area contributed by atoms with Crippen molar-refractivity contribution in [2.45, 2.75) is 45.7 Å². The largest absolute Gasteiger partial charge is 0.466 e.